The van der Waals surface area contributed by atoms with Gasteiger partial charge in [0.15, 0.2) is 0 Å². The minimum atomic E-state index is 0.267. The average Bonchev–Trinajstić information content (AvgIpc) is 2.57. The molecule has 0 radical (unpaired) electrons. The molecule has 0 amide bonds. The lowest BCUT2D eigenvalue weighted by Crippen LogP contribution is -2.23. The highest BCUT2D eigenvalue weighted by molar-refractivity contribution is 9.10. The van der Waals surface area contributed by atoms with Crippen LogP contribution in [0, 0.1) is 18.8 Å². The van der Waals surface area contributed by atoms with Gasteiger partial charge in [-0.2, -0.15) is 5.10 Å². The monoisotopic (exact) mass is 312 g/mol. The number of Topliss-reactive ketones (excluding diaryl/α,β-unsaturated/α-hetero) is 1. The first-order chi connectivity index (χ1) is 8.49. The number of hydrogen-bond acceptors (Lipinski definition) is 2. The Morgan fingerprint density at radius 3 is 2.50 bits per heavy atom. The van der Waals surface area contributed by atoms with Crippen LogP contribution in [0.15, 0.2) is 4.47 Å². The molecule has 1 fully saturated rings. The first kappa shape index (κ1) is 13.8. The van der Waals surface area contributed by atoms with Gasteiger partial charge in [0.1, 0.15) is 5.78 Å². The number of halogens is 1. The molecule has 0 unspecified atom stereocenters. The lowest BCUT2D eigenvalue weighted by Gasteiger charge is -2.25. The molecule has 1 aliphatic rings. The number of ketones is 1. The van der Waals surface area contributed by atoms with Crippen LogP contribution in [0.5, 0.6) is 0 Å². The van der Waals surface area contributed by atoms with Gasteiger partial charge >= 0.3 is 0 Å². The van der Waals surface area contributed by atoms with Crippen LogP contribution < -0.4 is 0 Å². The second-order valence-corrected chi connectivity index (χ2v) is 6.36. The number of nitrogens with zero attached hydrogens (tertiary/aromatic N) is 2. The Kier molecular flexibility index (Phi) is 4.25. The lowest BCUT2D eigenvalue weighted by atomic mass is 9.80. The van der Waals surface area contributed by atoms with E-state index >= 15 is 0 Å². The SMILES string of the molecule is Cc1nn(C)c(CC(=O)C2CCC(C)CC2)c1Br. The van der Waals surface area contributed by atoms with Crippen molar-refractivity contribution in [2.75, 3.05) is 0 Å². The van der Waals surface area contributed by atoms with Crippen LogP contribution in [0.1, 0.15) is 44.0 Å². The normalized spacial score (nSPS) is 24.2. The van der Waals surface area contributed by atoms with E-state index in [2.05, 4.69) is 28.0 Å². The molecule has 0 aromatic carbocycles. The third-order valence-corrected chi connectivity index (χ3v) is 5.11. The predicted molar refractivity (Wildman–Crippen MR) is 75.5 cm³/mol. The highest BCUT2D eigenvalue weighted by Crippen LogP contribution is 2.30. The van der Waals surface area contributed by atoms with Crippen molar-refractivity contribution >= 4 is 21.7 Å². The molecule has 0 saturated heterocycles. The molecule has 0 atom stereocenters. The fourth-order valence-corrected chi connectivity index (χ4v) is 3.24. The highest BCUT2D eigenvalue weighted by atomic mass is 79.9. The molecule has 1 heterocycles. The number of hydrogen-bond donors (Lipinski definition) is 0. The van der Waals surface area contributed by atoms with Crippen LogP contribution in [0.2, 0.25) is 0 Å². The third-order valence-electron chi connectivity index (χ3n) is 4.07. The van der Waals surface area contributed by atoms with Crippen LogP contribution >= 0.6 is 15.9 Å². The standard InChI is InChI=1S/C14H21BrN2O/c1-9-4-6-11(7-5-9)13(18)8-12-14(15)10(2)16-17(12)3/h9,11H,4-8H2,1-3H3. The molecule has 0 N–H and O–H groups in total. The van der Waals surface area contributed by atoms with E-state index in [1.807, 2.05) is 18.7 Å². The fourth-order valence-electron chi connectivity index (χ4n) is 2.76. The summed E-state index contributed by atoms with van der Waals surface area (Å²) in [6, 6.07) is 0. The van der Waals surface area contributed by atoms with Gasteiger partial charge in [-0.05, 0) is 41.6 Å². The van der Waals surface area contributed by atoms with Gasteiger partial charge in [0.05, 0.1) is 15.9 Å². The Labute approximate surface area is 117 Å². The van der Waals surface area contributed by atoms with Crippen molar-refractivity contribution in [3.05, 3.63) is 15.9 Å². The topological polar surface area (TPSA) is 34.9 Å². The van der Waals surface area contributed by atoms with Crippen molar-refractivity contribution in [2.45, 2.75) is 46.0 Å². The van der Waals surface area contributed by atoms with Gasteiger partial charge in [-0.25, -0.2) is 0 Å². The first-order valence-corrected chi connectivity index (χ1v) is 7.49. The number of rotatable bonds is 3. The summed E-state index contributed by atoms with van der Waals surface area (Å²) in [6.45, 7) is 4.24. The Balaban J connectivity index is 2.03. The average molecular weight is 313 g/mol. The summed E-state index contributed by atoms with van der Waals surface area (Å²) in [5.41, 5.74) is 1.97. The Morgan fingerprint density at radius 2 is 2.00 bits per heavy atom. The summed E-state index contributed by atoms with van der Waals surface area (Å²) >= 11 is 3.53. The maximum Gasteiger partial charge on any atom is 0.141 e. The second kappa shape index (κ2) is 5.55. The number of carbonyl (C=O) groups is 1. The van der Waals surface area contributed by atoms with E-state index in [0.717, 1.165) is 34.6 Å². The minimum absolute atomic E-state index is 0.267. The maximum absolute atomic E-state index is 12.3. The van der Waals surface area contributed by atoms with Crippen molar-refractivity contribution in [1.82, 2.24) is 9.78 Å². The molecule has 1 aliphatic carbocycles. The van der Waals surface area contributed by atoms with Gasteiger partial charge in [0.25, 0.3) is 0 Å². The van der Waals surface area contributed by atoms with Crippen LogP contribution in [0.3, 0.4) is 0 Å². The van der Waals surface area contributed by atoms with Crippen LogP contribution in [0.25, 0.3) is 0 Å². The zero-order valence-electron chi connectivity index (χ0n) is 11.4. The van der Waals surface area contributed by atoms with Crippen LogP contribution in [0.4, 0.5) is 0 Å². The van der Waals surface area contributed by atoms with E-state index in [1.54, 1.807) is 0 Å². The highest BCUT2D eigenvalue weighted by Gasteiger charge is 2.25. The third kappa shape index (κ3) is 2.85. The lowest BCUT2D eigenvalue weighted by molar-refractivity contribution is -0.123. The molecule has 1 saturated carbocycles. The molecule has 1 aromatic rings. The van der Waals surface area contributed by atoms with Gasteiger partial charge in [-0.15, -0.1) is 0 Å². The second-order valence-electron chi connectivity index (χ2n) is 5.57. The first-order valence-electron chi connectivity index (χ1n) is 6.69. The minimum Gasteiger partial charge on any atom is -0.299 e. The van der Waals surface area contributed by atoms with E-state index < -0.39 is 0 Å². The van der Waals surface area contributed by atoms with Crippen LogP contribution in [-0.2, 0) is 18.3 Å². The van der Waals surface area contributed by atoms with E-state index in [1.165, 1.54) is 12.8 Å². The molecule has 2 rings (SSSR count). The summed E-state index contributed by atoms with van der Waals surface area (Å²) in [4.78, 5) is 12.3. The van der Waals surface area contributed by atoms with Crippen molar-refractivity contribution in [3.8, 4) is 0 Å². The fraction of sp³-hybridized carbons (Fsp3) is 0.714. The van der Waals surface area contributed by atoms with Crippen molar-refractivity contribution in [3.63, 3.8) is 0 Å². The molecule has 0 aliphatic heterocycles. The largest absolute Gasteiger partial charge is 0.299 e. The van der Waals surface area contributed by atoms with Gasteiger partial charge in [-0.1, -0.05) is 19.8 Å². The van der Waals surface area contributed by atoms with E-state index in [9.17, 15) is 4.79 Å². The molecule has 18 heavy (non-hydrogen) atoms. The maximum atomic E-state index is 12.3. The molecule has 0 spiro atoms. The predicted octanol–water partition coefficient (Wildman–Crippen LogP) is 3.43. The van der Waals surface area contributed by atoms with Crippen LogP contribution in [-0.4, -0.2) is 15.6 Å². The molecule has 4 heteroatoms. The number of carbonyl (C=O) groups excluding carboxylic acids is 1. The van der Waals surface area contributed by atoms with Gasteiger partial charge in [0, 0.05) is 19.4 Å². The van der Waals surface area contributed by atoms with Crippen molar-refractivity contribution < 1.29 is 4.79 Å². The van der Waals surface area contributed by atoms with Crippen molar-refractivity contribution in [2.24, 2.45) is 18.9 Å². The van der Waals surface area contributed by atoms with Gasteiger partial charge < -0.3 is 0 Å². The molecule has 100 valence electrons. The Hall–Kier alpha value is -0.640. The Bertz CT molecular complexity index is 445. The summed E-state index contributed by atoms with van der Waals surface area (Å²) in [5, 5.41) is 4.34. The number of aryl methyl sites for hydroxylation is 2. The zero-order chi connectivity index (χ0) is 13.3. The number of aromatic nitrogens is 2. The van der Waals surface area contributed by atoms with E-state index in [0.29, 0.717) is 12.2 Å². The molecule has 3 nitrogen and oxygen atoms in total. The molecule has 0 bridgehead atoms. The van der Waals surface area contributed by atoms with Gasteiger partial charge in [-0.3, -0.25) is 9.48 Å². The van der Waals surface area contributed by atoms with E-state index in [4.69, 9.17) is 0 Å². The summed E-state index contributed by atoms with van der Waals surface area (Å²) in [6.07, 6.45) is 5.03. The zero-order valence-corrected chi connectivity index (χ0v) is 13.0. The summed E-state index contributed by atoms with van der Waals surface area (Å²) in [7, 11) is 1.91. The van der Waals surface area contributed by atoms with Crippen molar-refractivity contribution in [1.29, 1.82) is 0 Å². The Morgan fingerprint density at radius 1 is 1.39 bits per heavy atom. The molecular formula is C14H21BrN2O. The molecular weight excluding hydrogens is 292 g/mol. The van der Waals surface area contributed by atoms with Gasteiger partial charge in [0.2, 0.25) is 0 Å². The van der Waals surface area contributed by atoms with E-state index in [-0.39, 0.29) is 5.92 Å². The smallest absolute Gasteiger partial charge is 0.141 e. The summed E-state index contributed by atoms with van der Waals surface area (Å²) in [5.74, 6) is 1.44. The quantitative estimate of drug-likeness (QED) is 0.857. The summed E-state index contributed by atoms with van der Waals surface area (Å²) < 4.78 is 2.81. The molecule has 1 aromatic heterocycles.